The Hall–Kier alpha value is -3.48. The average Bonchev–Trinajstić information content (AvgIpc) is 2.81. The zero-order chi connectivity index (χ0) is 24.7. The quantitative estimate of drug-likeness (QED) is 0.235. The summed E-state index contributed by atoms with van der Waals surface area (Å²) in [5, 5.41) is 0. The molecular formula is C27H27F3O4. The van der Waals surface area contributed by atoms with Crippen LogP contribution in [0, 0.1) is 6.92 Å². The first-order chi connectivity index (χ1) is 16.2. The molecule has 3 aromatic carbocycles. The first-order valence-corrected chi connectivity index (χ1v) is 11.1. The van der Waals surface area contributed by atoms with Crippen molar-refractivity contribution in [1.82, 2.24) is 0 Å². The van der Waals surface area contributed by atoms with Gasteiger partial charge in [0.1, 0.15) is 11.9 Å². The number of hydrogen-bond acceptors (Lipinski definition) is 4. The molecular weight excluding hydrogens is 445 g/mol. The monoisotopic (exact) mass is 472 g/mol. The highest BCUT2D eigenvalue weighted by Gasteiger charge is 2.30. The van der Waals surface area contributed by atoms with Gasteiger partial charge in [-0.1, -0.05) is 49.7 Å². The highest BCUT2D eigenvalue weighted by molar-refractivity contribution is 5.65. The molecule has 34 heavy (non-hydrogen) atoms. The molecule has 0 saturated carbocycles. The molecule has 0 aromatic heterocycles. The van der Waals surface area contributed by atoms with Gasteiger partial charge < -0.3 is 4.74 Å². The highest BCUT2D eigenvalue weighted by Crippen LogP contribution is 2.33. The predicted molar refractivity (Wildman–Crippen MR) is 123 cm³/mol. The lowest BCUT2D eigenvalue weighted by Gasteiger charge is -2.20. The Bertz CT molecular complexity index is 1090. The molecule has 0 bridgehead atoms. The second kappa shape index (κ2) is 11.1. The number of carbonyl (C=O) groups is 1. The van der Waals surface area contributed by atoms with E-state index in [2.05, 4.69) is 11.8 Å². The molecule has 1 unspecified atom stereocenters. The molecule has 3 rings (SSSR count). The minimum atomic E-state index is -4.35. The number of halogens is 3. The summed E-state index contributed by atoms with van der Waals surface area (Å²) in [5.74, 6) is 0.535. The van der Waals surface area contributed by atoms with Crippen molar-refractivity contribution in [3.63, 3.8) is 0 Å². The Kier molecular flexibility index (Phi) is 8.21. The molecule has 0 amide bonds. The lowest BCUT2D eigenvalue weighted by molar-refractivity contribution is -0.211. The summed E-state index contributed by atoms with van der Waals surface area (Å²) in [5.41, 5.74) is 2.60. The lowest BCUT2D eigenvalue weighted by Crippen LogP contribution is -2.08. The van der Waals surface area contributed by atoms with E-state index in [0.717, 1.165) is 48.1 Å². The zero-order valence-corrected chi connectivity index (χ0v) is 19.3. The van der Waals surface area contributed by atoms with E-state index >= 15 is 0 Å². The molecule has 0 aliphatic carbocycles. The fourth-order valence-corrected chi connectivity index (χ4v) is 3.48. The van der Waals surface area contributed by atoms with Crippen molar-refractivity contribution in [2.75, 3.05) is 0 Å². The van der Waals surface area contributed by atoms with Crippen LogP contribution in [0.25, 0.3) is 11.1 Å². The van der Waals surface area contributed by atoms with Gasteiger partial charge in [0.05, 0.1) is 5.56 Å². The van der Waals surface area contributed by atoms with Gasteiger partial charge in [-0.3, -0.25) is 9.78 Å². The van der Waals surface area contributed by atoms with E-state index in [0.29, 0.717) is 17.1 Å². The molecule has 1 atom stereocenters. The van der Waals surface area contributed by atoms with Crippen molar-refractivity contribution in [2.24, 2.45) is 0 Å². The van der Waals surface area contributed by atoms with Crippen LogP contribution in [0.5, 0.6) is 11.5 Å². The Morgan fingerprint density at radius 3 is 2.09 bits per heavy atom. The van der Waals surface area contributed by atoms with E-state index in [9.17, 15) is 18.0 Å². The number of aryl methyl sites for hydroxylation is 1. The number of alkyl halides is 3. The number of benzene rings is 3. The van der Waals surface area contributed by atoms with E-state index in [1.165, 1.54) is 19.1 Å². The minimum absolute atomic E-state index is 0.193. The van der Waals surface area contributed by atoms with E-state index in [-0.39, 0.29) is 6.10 Å². The van der Waals surface area contributed by atoms with Crippen LogP contribution < -0.4 is 9.62 Å². The number of unbranched alkanes of at least 4 members (excludes halogenated alkanes) is 1. The van der Waals surface area contributed by atoms with Crippen molar-refractivity contribution in [3.05, 3.63) is 83.4 Å². The molecule has 0 aliphatic rings. The fourth-order valence-electron chi connectivity index (χ4n) is 3.48. The van der Waals surface area contributed by atoms with Gasteiger partial charge in [0.25, 0.3) is 0 Å². The molecule has 4 nitrogen and oxygen atoms in total. The van der Waals surface area contributed by atoms with Gasteiger partial charge in [-0.05, 0) is 66.8 Å². The maximum atomic E-state index is 12.8. The van der Waals surface area contributed by atoms with Crippen molar-refractivity contribution in [2.45, 2.75) is 52.3 Å². The Morgan fingerprint density at radius 1 is 0.941 bits per heavy atom. The maximum absolute atomic E-state index is 12.8. The minimum Gasteiger partial charge on any atom is -0.486 e. The first-order valence-electron chi connectivity index (χ1n) is 11.1. The van der Waals surface area contributed by atoms with Crippen molar-refractivity contribution in [3.8, 4) is 22.6 Å². The smallest absolute Gasteiger partial charge is 0.416 e. The Balaban J connectivity index is 1.76. The topological polar surface area (TPSA) is 44.8 Å². The van der Waals surface area contributed by atoms with Gasteiger partial charge in [-0.2, -0.15) is 13.2 Å². The molecule has 180 valence electrons. The first kappa shape index (κ1) is 25.1. The van der Waals surface area contributed by atoms with E-state index in [1.54, 1.807) is 12.1 Å². The summed E-state index contributed by atoms with van der Waals surface area (Å²) >= 11 is 0. The molecule has 0 aliphatic heterocycles. The number of carbonyl (C=O) groups excluding carboxylic acids is 1. The Labute approximate surface area is 197 Å². The predicted octanol–water partition coefficient (Wildman–Crippen LogP) is 7.85. The second-order valence-electron chi connectivity index (χ2n) is 8.03. The normalized spacial score (nSPS) is 12.2. The number of ether oxygens (including phenoxy) is 1. The molecule has 3 aromatic rings. The van der Waals surface area contributed by atoms with E-state index < -0.39 is 17.7 Å². The lowest BCUT2D eigenvalue weighted by atomic mass is 9.98. The summed E-state index contributed by atoms with van der Waals surface area (Å²) in [7, 11) is 0. The molecule has 0 radical (unpaired) electrons. The summed E-state index contributed by atoms with van der Waals surface area (Å²) in [6.45, 7) is 5.19. The SMILES string of the molecule is CCCCC(Oc1ccc(OOC(C)=O)c(C)c1)c1ccc(-c2ccc(C(F)(F)F)cc2)cc1. The van der Waals surface area contributed by atoms with Crippen LogP contribution in [0.3, 0.4) is 0 Å². The van der Waals surface area contributed by atoms with Crippen LogP contribution in [0.4, 0.5) is 13.2 Å². The van der Waals surface area contributed by atoms with E-state index in [4.69, 9.17) is 9.62 Å². The number of hydrogen-bond donors (Lipinski definition) is 0. The third kappa shape index (κ3) is 6.76. The van der Waals surface area contributed by atoms with Gasteiger partial charge in [-0.25, -0.2) is 4.79 Å². The average molecular weight is 473 g/mol. The summed E-state index contributed by atoms with van der Waals surface area (Å²) in [4.78, 5) is 20.6. The van der Waals surface area contributed by atoms with Gasteiger partial charge >= 0.3 is 12.1 Å². The summed E-state index contributed by atoms with van der Waals surface area (Å²) in [6.07, 6.45) is -1.76. The van der Waals surface area contributed by atoms with Gasteiger partial charge in [0.2, 0.25) is 0 Å². The van der Waals surface area contributed by atoms with Crippen LogP contribution in [0.15, 0.2) is 66.7 Å². The Morgan fingerprint density at radius 2 is 1.56 bits per heavy atom. The molecule has 0 saturated heterocycles. The summed E-state index contributed by atoms with van der Waals surface area (Å²) in [6, 6.07) is 18.0. The molecule has 0 N–H and O–H groups in total. The second-order valence-corrected chi connectivity index (χ2v) is 8.03. The van der Waals surface area contributed by atoms with Crippen molar-refractivity contribution >= 4 is 5.97 Å². The van der Waals surface area contributed by atoms with Gasteiger partial charge in [0.15, 0.2) is 5.75 Å². The number of rotatable bonds is 9. The van der Waals surface area contributed by atoms with Crippen LogP contribution >= 0.6 is 0 Å². The third-order valence-corrected chi connectivity index (χ3v) is 5.32. The van der Waals surface area contributed by atoms with Crippen LogP contribution in [-0.4, -0.2) is 5.97 Å². The molecule has 7 heteroatoms. The zero-order valence-electron chi connectivity index (χ0n) is 19.3. The van der Waals surface area contributed by atoms with Gasteiger partial charge in [0, 0.05) is 12.5 Å². The van der Waals surface area contributed by atoms with Gasteiger partial charge in [-0.15, -0.1) is 0 Å². The van der Waals surface area contributed by atoms with E-state index in [1.807, 2.05) is 37.3 Å². The standard InChI is InChI=1S/C27H27F3O4/c1-4-5-6-26(32-24-15-16-25(18(2)17-24)34-33-19(3)31)22-9-7-20(8-10-22)21-11-13-23(14-12-21)27(28,29)30/h7-17,26H,4-6H2,1-3H3. The third-order valence-electron chi connectivity index (χ3n) is 5.32. The van der Waals surface area contributed by atoms with Crippen LogP contribution in [0.2, 0.25) is 0 Å². The van der Waals surface area contributed by atoms with Crippen LogP contribution in [0.1, 0.15) is 55.9 Å². The molecule has 0 fully saturated rings. The molecule has 0 spiro atoms. The van der Waals surface area contributed by atoms with Crippen molar-refractivity contribution < 1.29 is 32.5 Å². The largest absolute Gasteiger partial charge is 0.486 e. The van der Waals surface area contributed by atoms with Crippen molar-refractivity contribution in [1.29, 1.82) is 0 Å². The summed E-state index contributed by atoms with van der Waals surface area (Å²) < 4.78 is 44.7. The van der Waals surface area contributed by atoms with Crippen LogP contribution in [-0.2, 0) is 15.9 Å². The molecule has 0 heterocycles. The maximum Gasteiger partial charge on any atom is 0.416 e. The highest BCUT2D eigenvalue weighted by atomic mass is 19.4. The fraction of sp³-hybridized carbons (Fsp3) is 0.296.